The van der Waals surface area contributed by atoms with Crippen LogP contribution in [-0.2, 0) is 4.79 Å². The van der Waals surface area contributed by atoms with E-state index in [0.29, 0.717) is 30.5 Å². The van der Waals surface area contributed by atoms with Gasteiger partial charge in [0.1, 0.15) is 5.78 Å². The molecule has 4 aliphatic rings. The fourth-order valence-corrected chi connectivity index (χ4v) is 6.60. The van der Waals surface area contributed by atoms with E-state index in [0.717, 1.165) is 24.8 Å². The quantitative estimate of drug-likeness (QED) is 0.675. The molecule has 126 valence electrons. The Morgan fingerprint density at radius 3 is 2.65 bits per heavy atom. The summed E-state index contributed by atoms with van der Waals surface area (Å²) in [4.78, 5) is 12.4. The number of aliphatic hydroxyl groups is 2. The summed E-state index contributed by atoms with van der Waals surface area (Å²) in [7, 11) is 0. The fourth-order valence-electron chi connectivity index (χ4n) is 6.60. The first-order valence-corrected chi connectivity index (χ1v) is 9.08. The summed E-state index contributed by atoms with van der Waals surface area (Å²) in [6.07, 6.45) is 7.42. The van der Waals surface area contributed by atoms with Crippen LogP contribution in [0, 0.1) is 28.6 Å². The zero-order chi connectivity index (χ0) is 16.6. The Morgan fingerprint density at radius 2 is 1.91 bits per heavy atom. The Kier molecular flexibility index (Phi) is 3.25. The largest absolute Gasteiger partial charge is 0.393 e. The van der Waals surface area contributed by atoms with Crippen LogP contribution < -0.4 is 0 Å². The lowest BCUT2D eigenvalue weighted by molar-refractivity contribution is -0.142. The molecule has 0 aromatic rings. The summed E-state index contributed by atoms with van der Waals surface area (Å²) in [5.74, 6) is 1.37. The van der Waals surface area contributed by atoms with Crippen molar-refractivity contribution in [1.82, 2.24) is 0 Å². The highest BCUT2D eigenvalue weighted by Gasteiger charge is 2.61. The second-order valence-electron chi connectivity index (χ2n) is 8.73. The van der Waals surface area contributed by atoms with Gasteiger partial charge in [0.15, 0.2) is 0 Å². The standard InChI is InChI=1S/C20H28O3/c1-11-13-5-4-12-14-6-7-17(23)20(14,3)10-16(22)18(12)19(13,2)9-8-15(11)21/h8-9,12,14-16,18,21-22H,4-7,10H2,1-3H3/t12-,14-,15?,16+,18+,19-,20-/m0/s1. The molecule has 0 spiro atoms. The third-order valence-corrected chi connectivity index (χ3v) is 7.78. The first-order valence-electron chi connectivity index (χ1n) is 9.08. The van der Waals surface area contributed by atoms with Crippen LogP contribution in [0.3, 0.4) is 0 Å². The van der Waals surface area contributed by atoms with E-state index in [1.807, 2.05) is 13.0 Å². The Labute approximate surface area is 138 Å². The van der Waals surface area contributed by atoms with Crippen molar-refractivity contribution in [3.05, 3.63) is 23.3 Å². The minimum absolute atomic E-state index is 0.168. The van der Waals surface area contributed by atoms with Gasteiger partial charge in [0.25, 0.3) is 0 Å². The fraction of sp³-hybridized carbons (Fsp3) is 0.750. The number of carbonyl (C=O) groups excluding carboxylic acids is 1. The molecule has 0 aromatic carbocycles. The lowest BCUT2D eigenvalue weighted by Crippen LogP contribution is -2.56. The number of hydrogen-bond acceptors (Lipinski definition) is 3. The van der Waals surface area contributed by atoms with Gasteiger partial charge in [0.05, 0.1) is 12.2 Å². The predicted octanol–water partition coefficient (Wildman–Crippen LogP) is 3.02. The second kappa shape index (κ2) is 4.80. The Morgan fingerprint density at radius 1 is 1.17 bits per heavy atom. The summed E-state index contributed by atoms with van der Waals surface area (Å²) < 4.78 is 0. The Hall–Kier alpha value is -0.930. The van der Waals surface area contributed by atoms with Gasteiger partial charge >= 0.3 is 0 Å². The normalized spacial score (nSPS) is 52.2. The monoisotopic (exact) mass is 316 g/mol. The molecule has 4 aliphatic carbocycles. The minimum atomic E-state index is -0.478. The number of Topliss-reactive ketones (excluding diaryl/α,β-unsaturated/α-hetero) is 1. The SMILES string of the molecule is CC1=C2CC[C@@H]3[C@H]([C@H](O)C[C@]4(C)C(=O)CC[C@@H]34)[C@@]2(C)C=CC1O. The van der Waals surface area contributed by atoms with Crippen molar-refractivity contribution in [1.29, 1.82) is 0 Å². The lowest BCUT2D eigenvalue weighted by atomic mass is 9.47. The van der Waals surface area contributed by atoms with Crippen molar-refractivity contribution in [3.8, 4) is 0 Å². The van der Waals surface area contributed by atoms with E-state index in [2.05, 4.69) is 19.9 Å². The van der Waals surface area contributed by atoms with Crippen molar-refractivity contribution < 1.29 is 15.0 Å². The van der Waals surface area contributed by atoms with Crippen LogP contribution in [0.2, 0.25) is 0 Å². The molecule has 0 bridgehead atoms. The molecule has 0 radical (unpaired) electrons. The molecule has 3 nitrogen and oxygen atoms in total. The molecular formula is C20H28O3. The highest BCUT2D eigenvalue weighted by molar-refractivity contribution is 5.87. The molecule has 1 unspecified atom stereocenters. The van der Waals surface area contributed by atoms with E-state index in [9.17, 15) is 15.0 Å². The van der Waals surface area contributed by atoms with Gasteiger partial charge in [-0.15, -0.1) is 0 Å². The average molecular weight is 316 g/mol. The highest BCUT2D eigenvalue weighted by Crippen LogP contribution is 2.64. The molecule has 3 fully saturated rings. The second-order valence-corrected chi connectivity index (χ2v) is 8.73. The molecule has 0 aromatic heterocycles. The van der Waals surface area contributed by atoms with Crippen LogP contribution in [-0.4, -0.2) is 28.2 Å². The van der Waals surface area contributed by atoms with Crippen molar-refractivity contribution in [2.45, 2.75) is 65.1 Å². The molecule has 3 heteroatoms. The minimum Gasteiger partial charge on any atom is -0.393 e. The van der Waals surface area contributed by atoms with Crippen molar-refractivity contribution in [2.24, 2.45) is 28.6 Å². The number of hydrogen-bond donors (Lipinski definition) is 2. The summed E-state index contributed by atoms with van der Waals surface area (Å²) >= 11 is 0. The van der Waals surface area contributed by atoms with Gasteiger partial charge in [0, 0.05) is 23.2 Å². The molecule has 0 saturated heterocycles. The van der Waals surface area contributed by atoms with E-state index in [1.165, 1.54) is 5.57 Å². The third-order valence-electron chi connectivity index (χ3n) is 7.78. The molecule has 0 amide bonds. The van der Waals surface area contributed by atoms with E-state index in [-0.39, 0.29) is 16.7 Å². The maximum atomic E-state index is 12.4. The smallest absolute Gasteiger partial charge is 0.139 e. The number of rotatable bonds is 0. The lowest BCUT2D eigenvalue weighted by Gasteiger charge is -2.58. The van der Waals surface area contributed by atoms with Crippen LogP contribution >= 0.6 is 0 Å². The van der Waals surface area contributed by atoms with E-state index >= 15 is 0 Å². The van der Waals surface area contributed by atoms with Crippen molar-refractivity contribution in [2.75, 3.05) is 0 Å². The van der Waals surface area contributed by atoms with Gasteiger partial charge in [-0.05, 0) is 50.0 Å². The summed E-state index contributed by atoms with van der Waals surface area (Å²) in [5.41, 5.74) is 1.90. The molecule has 2 N–H and O–H groups in total. The van der Waals surface area contributed by atoms with Crippen LogP contribution in [0.5, 0.6) is 0 Å². The van der Waals surface area contributed by atoms with Gasteiger partial charge < -0.3 is 10.2 Å². The van der Waals surface area contributed by atoms with Gasteiger partial charge in [-0.3, -0.25) is 4.79 Å². The molecular weight excluding hydrogens is 288 g/mol. The van der Waals surface area contributed by atoms with Crippen LogP contribution in [0.4, 0.5) is 0 Å². The van der Waals surface area contributed by atoms with Crippen LogP contribution in [0.1, 0.15) is 52.9 Å². The molecule has 4 rings (SSSR count). The molecule has 7 atom stereocenters. The number of aliphatic hydroxyl groups excluding tert-OH is 2. The maximum absolute atomic E-state index is 12.4. The number of carbonyl (C=O) groups is 1. The third kappa shape index (κ3) is 1.87. The first kappa shape index (κ1) is 15.6. The van der Waals surface area contributed by atoms with Gasteiger partial charge in [-0.2, -0.15) is 0 Å². The topological polar surface area (TPSA) is 57.5 Å². The number of allylic oxidation sites excluding steroid dienone is 2. The Bertz CT molecular complexity index is 618. The zero-order valence-corrected chi connectivity index (χ0v) is 14.4. The molecule has 0 aliphatic heterocycles. The van der Waals surface area contributed by atoms with Crippen molar-refractivity contribution in [3.63, 3.8) is 0 Å². The van der Waals surface area contributed by atoms with Crippen molar-refractivity contribution >= 4 is 5.78 Å². The maximum Gasteiger partial charge on any atom is 0.139 e. The first-order chi connectivity index (χ1) is 10.8. The molecule has 23 heavy (non-hydrogen) atoms. The van der Waals surface area contributed by atoms with E-state index in [4.69, 9.17) is 0 Å². The Balaban J connectivity index is 1.78. The molecule has 0 heterocycles. The van der Waals surface area contributed by atoms with Gasteiger partial charge in [-0.25, -0.2) is 0 Å². The zero-order valence-electron chi connectivity index (χ0n) is 14.4. The molecule has 3 saturated carbocycles. The van der Waals surface area contributed by atoms with Crippen LogP contribution in [0.15, 0.2) is 23.3 Å². The average Bonchev–Trinajstić information content (AvgIpc) is 2.78. The summed E-state index contributed by atoms with van der Waals surface area (Å²) in [6, 6.07) is 0. The number of ketones is 1. The van der Waals surface area contributed by atoms with E-state index in [1.54, 1.807) is 0 Å². The van der Waals surface area contributed by atoms with Gasteiger partial charge in [0.2, 0.25) is 0 Å². The predicted molar refractivity (Wildman–Crippen MR) is 88.6 cm³/mol. The van der Waals surface area contributed by atoms with Crippen LogP contribution in [0.25, 0.3) is 0 Å². The summed E-state index contributed by atoms with van der Waals surface area (Å²) in [5, 5.41) is 21.2. The highest BCUT2D eigenvalue weighted by atomic mass is 16.3. The number of fused-ring (bicyclic) bond motifs is 5. The van der Waals surface area contributed by atoms with Gasteiger partial charge in [-0.1, -0.05) is 31.6 Å². The summed E-state index contributed by atoms with van der Waals surface area (Å²) in [6.45, 7) is 6.35. The van der Waals surface area contributed by atoms with E-state index < -0.39 is 12.2 Å².